The summed E-state index contributed by atoms with van der Waals surface area (Å²) in [6, 6.07) is 4.76. The highest BCUT2D eigenvalue weighted by molar-refractivity contribution is 7.89. The molecule has 1 aliphatic carbocycles. The average Bonchev–Trinajstić information content (AvgIpc) is 3.26. The normalized spacial score (nSPS) is 22.7. The third-order valence-corrected chi connectivity index (χ3v) is 8.23. The number of nitrogens with zero attached hydrogens (tertiary/aromatic N) is 3. The molecule has 4 rings (SSSR count). The van der Waals surface area contributed by atoms with Crippen LogP contribution in [-0.2, 0) is 21.8 Å². The number of hydrogen-bond acceptors (Lipinski definition) is 7. The molecule has 10 nitrogen and oxygen atoms in total. The number of carbonyl (C=O) groups excluding carboxylic acids is 1. The van der Waals surface area contributed by atoms with Gasteiger partial charge in [-0.3, -0.25) is 4.79 Å². The van der Waals surface area contributed by atoms with E-state index < -0.39 is 27.5 Å². The molecule has 2 aromatic rings. The third kappa shape index (κ3) is 5.93. The second kappa shape index (κ2) is 10.5. The minimum atomic E-state index is -3.96. The maximum atomic E-state index is 13.9. The van der Waals surface area contributed by atoms with Crippen molar-refractivity contribution in [2.24, 2.45) is 7.05 Å². The Labute approximate surface area is 207 Å². The monoisotopic (exact) mass is 527 g/mol. The van der Waals surface area contributed by atoms with E-state index in [0.717, 1.165) is 10.7 Å². The lowest BCUT2D eigenvalue weighted by Crippen LogP contribution is -2.44. The maximum absolute atomic E-state index is 13.9. The number of alkyl carbamates (subject to hydrolysis) is 1. The van der Waals surface area contributed by atoms with Crippen LogP contribution in [0.15, 0.2) is 40.2 Å². The van der Waals surface area contributed by atoms with Crippen molar-refractivity contribution in [2.45, 2.75) is 55.2 Å². The zero-order valence-corrected chi connectivity index (χ0v) is 20.7. The van der Waals surface area contributed by atoms with E-state index >= 15 is 0 Å². The predicted octanol–water partition coefficient (Wildman–Crippen LogP) is 2.17. The molecule has 1 aromatic heterocycles. The van der Waals surface area contributed by atoms with E-state index in [0.29, 0.717) is 50.9 Å². The summed E-state index contributed by atoms with van der Waals surface area (Å²) in [6.45, 7) is 0.965. The van der Waals surface area contributed by atoms with Gasteiger partial charge in [0.1, 0.15) is 21.8 Å². The first-order chi connectivity index (χ1) is 16.6. The van der Waals surface area contributed by atoms with Crippen molar-refractivity contribution in [3.05, 3.63) is 51.7 Å². The van der Waals surface area contributed by atoms with Crippen molar-refractivity contribution in [1.82, 2.24) is 19.8 Å². The van der Waals surface area contributed by atoms with Gasteiger partial charge >= 0.3 is 6.09 Å². The molecule has 1 aromatic carbocycles. The Morgan fingerprint density at radius 1 is 1.17 bits per heavy atom. The van der Waals surface area contributed by atoms with Gasteiger partial charge in [-0.15, -0.1) is 0 Å². The van der Waals surface area contributed by atoms with Crippen molar-refractivity contribution in [2.75, 3.05) is 18.0 Å². The molecule has 1 saturated heterocycles. The molecule has 1 saturated carbocycles. The van der Waals surface area contributed by atoms with Crippen LogP contribution >= 0.6 is 11.6 Å². The van der Waals surface area contributed by atoms with Crippen LogP contribution in [0.3, 0.4) is 0 Å². The van der Waals surface area contributed by atoms with Gasteiger partial charge in [-0.05, 0) is 37.8 Å². The van der Waals surface area contributed by atoms with Crippen molar-refractivity contribution >= 4 is 33.4 Å². The molecular weight excluding hydrogens is 501 g/mol. The second-order valence-corrected chi connectivity index (χ2v) is 10.8. The summed E-state index contributed by atoms with van der Waals surface area (Å²) in [5.41, 5.74) is 0.121. The van der Waals surface area contributed by atoms with Gasteiger partial charge in [-0.1, -0.05) is 23.7 Å². The first-order valence-electron chi connectivity index (χ1n) is 11.3. The fraction of sp³-hybridized carbons (Fsp3) is 0.500. The topological polar surface area (TPSA) is 123 Å². The summed E-state index contributed by atoms with van der Waals surface area (Å²) >= 11 is 6.16. The molecule has 1 amide bonds. The van der Waals surface area contributed by atoms with Crippen molar-refractivity contribution in [3.63, 3.8) is 0 Å². The zero-order valence-electron chi connectivity index (χ0n) is 19.1. The number of nitrogens with one attached hydrogen (secondary N) is 2. The summed E-state index contributed by atoms with van der Waals surface area (Å²) in [6.07, 6.45) is 3.33. The molecule has 0 radical (unpaired) electrons. The van der Waals surface area contributed by atoms with Crippen LogP contribution in [0, 0.1) is 5.82 Å². The van der Waals surface area contributed by atoms with E-state index in [1.807, 2.05) is 4.90 Å². The Bertz CT molecular complexity index is 1250. The van der Waals surface area contributed by atoms with Crippen LogP contribution in [0.4, 0.5) is 14.9 Å². The zero-order chi connectivity index (χ0) is 25.2. The minimum Gasteiger partial charge on any atom is -0.444 e. The molecule has 190 valence electrons. The van der Waals surface area contributed by atoms with Crippen molar-refractivity contribution in [3.8, 4) is 0 Å². The summed E-state index contributed by atoms with van der Waals surface area (Å²) in [5.74, 6) is -0.795. The minimum absolute atomic E-state index is 0.0787. The number of carbonyl (C=O) groups is 1. The fourth-order valence-electron chi connectivity index (χ4n) is 4.42. The van der Waals surface area contributed by atoms with Crippen molar-refractivity contribution < 1.29 is 22.3 Å². The summed E-state index contributed by atoms with van der Waals surface area (Å²) in [5, 5.41) is 6.92. The van der Waals surface area contributed by atoms with Crippen LogP contribution in [0.1, 0.15) is 32.1 Å². The van der Waals surface area contributed by atoms with Crippen LogP contribution < -0.4 is 20.5 Å². The fourth-order valence-corrected chi connectivity index (χ4v) is 6.09. The van der Waals surface area contributed by atoms with Gasteiger partial charge in [0, 0.05) is 32.1 Å². The van der Waals surface area contributed by atoms with Gasteiger partial charge in [-0.25, -0.2) is 27.0 Å². The Kier molecular flexibility index (Phi) is 7.62. The highest BCUT2D eigenvalue weighted by Gasteiger charge is 2.31. The van der Waals surface area contributed by atoms with Gasteiger partial charge in [0.2, 0.25) is 10.0 Å². The Balaban J connectivity index is 1.23. The van der Waals surface area contributed by atoms with Gasteiger partial charge in [-0.2, -0.15) is 5.10 Å². The molecule has 2 aliphatic rings. The molecule has 1 aliphatic heterocycles. The van der Waals surface area contributed by atoms with E-state index in [-0.39, 0.29) is 28.1 Å². The number of halogens is 2. The van der Waals surface area contributed by atoms with Crippen LogP contribution in [-0.4, -0.2) is 55.6 Å². The number of ether oxygens (including phenoxy) is 1. The van der Waals surface area contributed by atoms with Gasteiger partial charge in [0.05, 0.1) is 18.4 Å². The Hall–Kier alpha value is -2.70. The van der Waals surface area contributed by atoms with E-state index in [1.54, 1.807) is 0 Å². The van der Waals surface area contributed by atoms with Crippen LogP contribution in [0.2, 0.25) is 5.02 Å². The van der Waals surface area contributed by atoms with Gasteiger partial charge in [0.15, 0.2) is 0 Å². The molecule has 0 bridgehead atoms. The number of rotatable bonds is 6. The Morgan fingerprint density at radius 3 is 2.57 bits per heavy atom. The lowest BCUT2D eigenvalue weighted by atomic mass is 9.92. The third-order valence-electron chi connectivity index (χ3n) is 6.32. The molecule has 0 unspecified atom stereocenters. The molecule has 2 fully saturated rings. The van der Waals surface area contributed by atoms with E-state index in [1.165, 1.54) is 31.4 Å². The lowest BCUT2D eigenvalue weighted by molar-refractivity contribution is 0.102. The summed E-state index contributed by atoms with van der Waals surface area (Å²) in [7, 11) is -2.44. The Morgan fingerprint density at radius 2 is 1.86 bits per heavy atom. The largest absolute Gasteiger partial charge is 0.444 e. The average molecular weight is 528 g/mol. The lowest BCUT2D eigenvalue weighted by Gasteiger charge is -2.29. The van der Waals surface area contributed by atoms with Gasteiger partial charge < -0.3 is 15.0 Å². The maximum Gasteiger partial charge on any atom is 0.407 e. The van der Waals surface area contributed by atoms with E-state index in [9.17, 15) is 22.4 Å². The highest BCUT2D eigenvalue weighted by Crippen LogP contribution is 2.26. The van der Waals surface area contributed by atoms with Crippen LogP contribution in [0.25, 0.3) is 0 Å². The standard InChI is InChI=1S/C22H27ClFN5O5S/c1-28-21(30)20(23)18(12-25-28)29-11-10-16(13-29)34-22(31)26-14-6-8-15(9-7-14)27-35(32,33)19-5-3-2-4-17(19)24/h2-5,12,14-16,27H,6-11,13H2,1H3,(H,26,31)/t14-,15-,16-/m1/s1. The number of hydrogen-bond donors (Lipinski definition) is 2. The highest BCUT2D eigenvalue weighted by atomic mass is 35.5. The number of sulfonamides is 1. The number of amides is 1. The number of aromatic nitrogens is 2. The predicted molar refractivity (Wildman–Crippen MR) is 127 cm³/mol. The van der Waals surface area contributed by atoms with E-state index in [2.05, 4.69) is 15.1 Å². The van der Waals surface area contributed by atoms with Crippen molar-refractivity contribution in [1.29, 1.82) is 0 Å². The number of benzene rings is 1. The molecule has 2 N–H and O–H groups in total. The molecule has 2 heterocycles. The smallest absolute Gasteiger partial charge is 0.407 e. The number of aryl methyl sites for hydroxylation is 1. The molecule has 0 spiro atoms. The first kappa shape index (κ1) is 25.4. The summed E-state index contributed by atoms with van der Waals surface area (Å²) in [4.78, 5) is 25.9. The molecular formula is C22H27ClFN5O5S. The second-order valence-electron chi connectivity index (χ2n) is 8.78. The SMILES string of the molecule is Cn1ncc(N2CC[C@@H](OC(=O)N[C@H]3CC[C@H](NS(=O)(=O)c4ccccc4F)CC3)C2)c(Cl)c1=O. The van der Waals surface area contributed by atoms with Gasteiger partial charge in [0.25, 0.3) is 5.56 Å². The molecule has 35 heavy (non-hydrogen) atoms. The quantitative estimate of drug-likeness (QED) is 0.590. The van der Waals surface area contributed by atoms with E-state index in [4.69, 9.17) is 16.3 Å². The first-order valence-corrected chi connectivity index (χ1v) is 13.2. The number of anilines is 1. The molecule has 1 atom stereocenters. The summed E-state index contributed by atoms with van der Waals surface area (Å²) < 4.78 is 48.1. The molecule has 13 heteroatoms. The van der Waals surface area contributed by atoms with Crippen LogP contribution in [0.5, 0.6) is 0 Å².